The highest BCUT2D eigenvalue weighted by Crippen LogP contribution is 2.18. The lowest BCUT2D eigenvalue weighted by molar-refractivity contribution is 0.451. The van der Waals surface area contributed by atoms with Gasteiger partial charge in [-0.05, 0) is 37.0 Å². The minimum atomic E-state index is -0.441. The van der Waals surface area contributed by atoms with Crippen LogP contribution >= 0.6 is 0 Å². The summed E-state index contributed by atoms with van der Waals surface area (Å²) in [7, 11) is 0. The van der Waals surface area contributed by atoms with E-state index < -0.39 is 5.54 Å². The van der Waals surface area contributed by atoms with Gasteiger partial charge in [-0.1, -0.05) is 48.5 Å². The van der Waals surface area contributed by atoms with Crippen LogP contribution in [0.2, 0.25) is 0 Å². The van der Waals surface area contributed by atoms with Gasteiger partial charge in [0.25, 0.3) is 0 Å². The molecule has 0 heterocycles. The van der Waals surface area contributed by atoms with Crippen LogP contribution in [0.5, 0.6) is 0 Å². The summed E-state index contributed by atoms with van der Waals surface area (Å²) in [6.07, 6.45) is 1.27. The predicted molar refractivity (Wildman–Crippen MR) is 72.8 cm³/mol. The van der Waals surface area contributed by atoms with Gasteiger partial charge in [0.2, 0.25) is 0 Å². The van der Waals surface area contributed by atoms with Gasteiger partial charge in [0.1, 0.15) is 5.82 Å². The van der Waals surface area contributed by atoms with E-state index in [9.17, 15) is 4.39 Å². The molecule has 1 nitrogen and oxygen atoms in total. The van der Waals surface area contributed by atoms with E-state index in [2.05, 4.69) is 0 Å². The third-order valence-corrected chi connectivity index (χ3v) is 3.00. The molecule has 0 aromatic heterocycles. The largest absolute Gasteiger partial charge is 0.325 e. The average molecular weight is 243 g/mol. The Morgan fingerprint density at radius 2 is 1.56 bits per heavy atom. The molecule has 0 aliphatic carbocycles. The zero-order chi connectivity index (χ0) is 13.0. The molecule has 0 radical (unpaired) electrons. The lowest BCUT2D eigenvalue weighted by atomic mass is 9.87. The number of rotatable bonds is 4. The van der Waals surface area contributed by atoms with Crippen LogP contribution in [0.15, 0.2) is 54.6 Å². The first-order valence-electron chi connectivity index (χ1n) is 6.13. The SMILES string of the molecule is CC(N)(Cc1ccccc1)Cc1ccccc1F. The Hall–Kier alpha value is -1.67. The van der Waals surface area contributed by atoms with Crippen LogP contribution in [0.25, 0.3) is 0 Å². The van der Waals surface area contributed by atoms with Crippen molar-refractivity contribution in [3.8, 4) is 0 Å². The predicted octanol–water partition coefficient (Wildman–Crippen LogP) is 3.33. The number of halogens is 1. The van der Waals surface area contributed by atoms with Gasteiger partial charge in [-0.25, -0.2) is 4.39 Å². The first-order valence-corrected chi connectivity index (χ1v) is 6.13. The topological polar surface area (TPSA) is 26.0 Å². The maximum absolute atomic E-state index is 13.6. The standard InChI is InChI=1S/C16H18FN/c1-16(18,11-13-7-3-2-4-8-13)12-14-9-5-6-10-15(14)17/h2-10H,11-12,18H2,1H3. The van der Waals surface area contributed by atoms with Crippen molar-refractivity contribution in [2.75, 3.05) is 0 Å². The van der Waals surface area contributed by atoms with Gasteiger partial charge >= 0.3 is 0 Å². The Bertz CT molecular complexity index is 506. The minimum Gasteiger partial charge on any atom is -0.325 e. The van der Waals surface area contributed by atoms with Gasteiger partial charge in [0.05, 0.1) is 0 Å². The molecule has 0 aliphatic heterocycles. The zero-order valence-electron chi connectivity index (χ0n) is 10.6. The van der Waals surface area contributed by atoms with Crippen molar-refractivity contribution in [1.82, 2.24) is 0 Å². The van der Waals surface area contributed by atoms with Gasteiger partial charge in [0.15, 0.2) is 0 Å². The molecular weight excluding hydrogens is 225 g/mol. The summed E-state index contributed by atoms with van der Waals surface area (Å²) in [4.78, 5) is 0. The van der Waals surface area contributed by atoms with Crippen LogP contribution in [0.1, 0.15) is 18.1 Å². The molecule has 0 fully saturated rings. The quantitative estimate of drug-likeness (QED) is 0.875. The fourth-order valence-electron chi connectivity index (χ4n) is 2.20. The van der Waals surface area contributed by atoms with Crippen LogP contribution in [0.3, 0.4) is 0 Å². The Morgan fingerprint density at radius 3 is 2.22 bits per heavy atom. The number of hydrogen-bond donors (Lipinski definition) is 1. The second kappa shape index (κ2) is 5.32. The molecule has 2 rings (SSSR count). The lowest BCUT2D eigenvalue weighted by Crippen LogP contribution is -2.41. The molecule has 0 saturated carbocycles. The van der Waals surface area contributed by atoms with Crippen molar-refractivity contribution in [3.05, 3.63) is 71.5 Å². The van der Waals surface area contributed by atoms with Crippen LogP contribution in [-0.4, -0.2) is 5.54 Å². The highest BCUT2D eigenvalue weighted by atomic mass is 19.1. The van der Waals surface area contributed by atoms with E-state index in [-0.39, 0.29) is 5.82 Å². The molecular formula is C16H18FN. The van der Waals surface area contributed by atoms with E-state index >= 15 is 0 Å². The molecule has 2 aromatic carbocycles. The van der Waals surface area contributed by atoms with Gasteiger partial charge in [0, 0.05) is 5.54 Å². The van der Waals surface area contributed by atoms with Crippen molar-refractivity contribution in [1.29, 1.82) is 0 Å². The second-order valence-corrected chi connectivity index (χ2v) is 5.08. The van der Waals surface area contributed by atoms with Crippen LogP contribution in [-0.2, 0) is 12.8 Å². The number of benzene rings is 2. The summed E-state index contributed by atoms with van der Waals surface area (Å²) in [5.74, 6) is -0.178. The van der Waals surface area contributed by atoms with E-state index in [1.54, 1.807) is 12.1 Å². The fourth-order valence-corrected chi connectivity index (χ4v) is 2.20. The summed E-state index contributed by atoms with van der Waals surface area (Å²) in [5.41, 5.74) is 7.70. The van der Waals surface area contributed by atoms with Crippen molar-refractivity contribution < 1.29 is 4.39 Å². The third kappa shape index (κ3) is 3.41. The molecule has 0 saturated heterocycles. The molecule has 18 heavy (non-hydrogen) atoms. The Kier molecular flexibility index (Phi) is 3.78. The lowest BCUT2D eigenvalue weighted by Gasteiger charge is -2.25. The summed E-state index contributed by atoms with van der Waals surface area (Å²) in [6, 6.07) is 16.9. The zero-order valence-corrected chi connectivity index (χ0v) is 10.6. The summed E-state index contributed by atoms with van der Waals surface area (Å²) < 4.78 is 13.6. The number of hydrogen-bond acceptors (Lipinski definition) is 1. The molecule has 0 aliphatic rings. The average Bonchev–Trinajstić information content (AvgIpc) is 2.32. The van der Waals surface area contributed by atoms with Crippen molar-refractivity contribution >= 4 is 0 Å². The minimum absolute atomic E-state index is 0.178. The van der Waals surface area contributed by atoms with Crippen LogP contribution in [0, 0.1) is 5.82 Å². The molecule has 2 heteroatoms. The Morgan fingerprint density at radius 1 is 0.944 bits per heavy atom. The number of nitrogens with two attached hydrogens (primary N) is 1. The van der Waals surface area contributed by atoms with Crippen molar-refractivity contribution in [2.24, 2.45) is 5.73 Å². The molecule has 0 amide bonds. The summed E-state index contributed by atoms with van der Waals surface area (Å²) in [6.45, 7) is 1.96. The van der Waals surface area contributed by atoms with Crippen LogP contribution < -0.4 is 5.73 Å². The van der Waals surface area contributed by atoms with Gasteiger partial charge in [-0.15, -0.1) is 0 Å². The smallest absolute Gasteiger partial charge is 0.126 e. The molecule has 0 spiro atoms. The normalized spacial score (nSPS) is 14.2. The van der Waals surface area contributed by atoms with Gasteiger partial charge in [-0.3, -0.25) is 0 Å². The van der Waals surface area contributed by atoms with E-state index in [4.69, 9.17) is 5.73 Å². The highest BCUT2D eigenvalue weighted by Gasteiger charge is 2.21. The summed E-state index contributed by atoms with van der Waals surface area (Å²) in [5, 5.41) is 0. The van der Waals surface area contributed by atoms with E-state index in [0.29, 0.717) is 12.0 Å². The Balaban J connectivity index is 2.10. The van der Waals surface area contributed by atoms with E-state index in [0.717, 1.165) is 6.42 Å². The van der Waals surface area contributed by atoms with E-state index in [1.807, 2.05) is 43.3 Å². The molecule has 0 bridgehead atoms. The molecule has 94 valence electrons. The highest BCUT2D eigenvalue weighted by molar-refractivity contribution is 5.23. The van der Waals surface area contributed by atoms with Crippen molar-refractivity contribution in [3.63, 3.8) is 0 Å². The summed E-state index contributed by atoms with van der Waals surface area (Å²) >= 11 is 0. The van der Waals surface area contributed by atoms with E-state index in [1.165, 1.54) is 11.6 Å². The van der Waals surface area contributed by atoms with Crippen molar-refractivity contribution in [2.45, 2.75) is 25.3 Å². The molecule has 2 aromatic rings. The van der Waals surface area contributed by atoms with Gasteiger partial charge < -0.3 is 5.73 Å². The second-order valence-electron chi connectivity index (χ2n) is 5.08. The van der Waals surface area contributed by atoms with Gasteiger partial charge in [-0.2, -0.15) is 0 Å². The molecule has 1 unspecified atom stereocenters. The first kappa shape index (κ1) is 12.8. The molecule has 1 atom stereocenters. The molecule has 2 N–H and O–H groups in total. The maximum Gasteiger partial charge on any atom is 0.126 e. The van der Waals surface area contributed by atoms with Crippen LogP contribution in [0.4, 0.5) is 4.39 Å². The fraction of sp³-hybridized carbons (Fsp3) is 0.250. The maximum atomic E-state index is 13.6. The Labute approximate surface area is 107 Å². The first-order chi connectivity index (χ1) is 8.57. The monoisotopic (exact) mass is 243 g/mol. The third-order valence-electron chi connectivity index (χ3n) is 3.00.